The van der Waals surface area contributed by atoms with E-state index < -0.39 is 11.9 Å². The highest BCUT2D eigenvalue weighted by molar-refractivity contribution is 6.27. The van der Waals surface area contributed by atoms with Crippen LogP contribution in [0.25, 0.3) is 10.9 Å². The smallest absolute Gasteiger partial charge is 0.414 e. The summed E-state index contributed by atoms with van der Waals surface area (Å²) in [5.74, 6) is -4.01. The van der Waals surface area contributed by atoms with E-state index in [0.29, 0.717) is 6.42 Å². The predicted molar refractivity (Wildman–Crippen MR) is 91.8 cm³/mol. The molecule has 1 aliphatic carbocycles. The third kappa shape index (κ3) is 4.80. The van der Waals surface area contributed by atoms with Gasteiger partial charge in [-0.05, 0) is 48.9 Å². The maximum Gasteiger partial charge on any atom is 0.414 e. The standard InChI is InChI=1S/C15H19N3O2.C2H2O4/c16-10-3-5-14-12(8-10)11-7-9(1-4-13(11)17-14)2-6-15(19)18-20;3-1(4)2(5)6/h1,4,7,10,17,20H,2-3,5-6,8,16H2,(H,18,19);(H,3,4)(H,5,6). The second kappa shape index (κ2) is 8.45. The number of aromatic nitrogens is 1. The number of aryl methyl sites for hydroxylation is 2. The van der Waals surface area contributed by atoms with Crippen molar-refractivity contribution in [1.29, 1.82) is 0 Å². The zero-order valence-electron chi connectivity index (χ0n) is 14.0. The minimum absolute atomic E-state index is 0.241. The summed E-state index contributed by atoms with van der Waals surface area (Å²) in [7, 11) is 0. The van der Waals surface area contributed by atoms with E-state index in [9.17, 15) is 4.79 Å². The van der Waals surface area contributed by atoms with E-state index in [0.717, 1.165) is 30.3 Å². The first-order chi connectivity index (χ1) is 12.3. The molecule has 1 aromatic heterocycles. The van der Waals surface area contributed by atoms with Gasteiger partial charge in [0.25, 0.3) is 0 Å². The van der Waals surface area contributed by atoms with Gasteiger partial charge in [0.1, 0.15) is 0 Å². The van der Waals surface area contributed by atoms with E-state index in [1.165, 1.54) is 16.6 Å². The van der Waals surface area contributed by atoms with Crippen LogP contribution in [0.4, 0.5) is 0 Å². The normalized spacial score (nSPS) is 15.5. The first-order valence-corrected chi connectivity index (χ1v) is 8.09. The topological polar surface area (TPSA) is 166 Å². The number of aromatic amines is 1. The number of hydroxylamine groups is 1. The Morgan fingerprint density at radius 3 is 2.54 bits per heavy atom. The van der Waals surface area contributed by atoms with Crippen LogP contribution in [0.5, 0.6) is 0 Å². The van der Waals surface area contributed by atoms with E-state index in [1.807, 2.05) is 6.07 Å². The molecule has 2 aromatic rings. The van der Waals surface area contributed by atoms with Crippen molar-refractivity contribution in [3.63, 3.8) is 0 Å². The van der Waals surface area contributed by atoms with Gasteiger partial charge in [-0.15, -0.1) is 0 Å². The number of carboxylic acids is 2. The highest BCUT2D eigenvalue weighted by atomic mass is 16.5. The molecule has 0 spiro atoms. The summed E-state index contributed by atoms with van der Waals surface area (Å²) >= 11 is 0. The van der Waals surface area contributed by atoms with Crippen LogP contribution < -0.4 is 11.2 Å². The molecule has 9 nitrogen and oxygen atoms in total. The van der Waals surface area contributed by atoms with Gasteiger partial charge >= 0.3 is 11.9 Å². The van der Waals surface area contributed by atoms with Gasteiger partial charge in [0.05, 0.1) is 0 Å². The van der Waals surface area contributed by atoms with Crippen LogP contribution in [-0.2, 0) is 33.6 Å². The number of carbonyl (C=O) groups is 3. The average molecular weight is 363 g/mol. The molecule has 1 heterocycles. The highest BCUT2D eigenvalue weighted by Crippen LogP contribution is 2.29. The second-order valence-electron chi connectivity index (χ2n) is 6.11. The van der Waals surface area contributed by atoms with Crippen LogP contribution in [0.2, 0.25) is 0 Å². The van der Waals surface area contributed by atoms with Gasteiger partial charge in [-0.3, -0.25) is 10.0 Å². The number of carboxylic acid groups (broad SMARTS) is 2. The molecular weight excluding hydrogens is 342 g/mol. The number of amides is 1. The number of fused-ring (bicyclic) bond motifs is 3. The van der Waals surface area contributed by atoms with Gasteiger partial charge in [0.15, 0.2) is 0 Å². The molecule has 0 bridgehead atoms. The Morgan fingerprint density at radius 1 is 1.23 bits per heavy atom. The highest BCUT2D eigenvalue weighted by Gasteiger charge is 2.20. The molecule has 0 saturated carbocycles. The zero-order valence-corrected chi connectivity index (χ0v) is 14.0. The number of nitrogens with one attached hydrogen (secondary N) is 2. The second-order valence-corrected chi connectivity index (χ2v) is 6.11. The fraction of sp³-hybridized carbons (Fsp3) is 0.353. The van der Waals surface area contributed by atoms with Gasteiger partial charge in [-0.1, -0.05) is 6.07 Å². The molecule has 1 atom stereocenters. The molecule has 140 valence electrons. The molecular formula is C17H21N3O6. The number of benzene rings is 1. The number of nitrogens with two attached hydrogens (primary N) is 1. The largest absolute Gasteiger partial charge is 0.473 e. The average Bonchev–Trinajstić information content (AvgIpc) is 2.97. The van der Waals surface area contributed by atoms with E-state index in [2.05, 4.69) is 17.1 Å². The molecule has 1 aliphatic rings. The minimum atomic E-state index is -1.82. The third-order valence-corrected chi connectivity index (χ3v) is 4.24. The zero-order chi connectivity index (χ0) is 19.3. The van der Waals surface area contributed by atoms with Crippen molar-refractivity contribution in [1.82, 2.24) is 10.5 Å². The summed E-state index contributed by atoms with van der Waals surface area (Å²) in [6.07, 6.45) is 3.86. The number of H-pyrrole nitrogens is 1. The van der Waals surface area contributed by atoms with Crippen LogP contribution in [0.1, 0.15) is 29.7 Å². The van der Waals surface area contributed by atoms with Crippen LogP contribution in [0, 0.1) is 0 Å². The predicted octanol–water partition coefficient (Wildman–Crippen LogP) is 0.577. The van der Waals surface area contributed by atoms with Gasteiger partial charge in [0.2, 0.25) is 5.91 Å². The molecule has 1 amide bonds. The van der Waals surface area contributed by atoms with Crippen molar-refractivity contribution in [3.05, 3.63) is 35.0 Å². The van der Waals surface area contributed by atoms with Crippen LogP contribution >= 0.6 is 0 Å². The molecule has 0 aliphatic heterocycles. The number of hydrogen-bond donors (Lipinski definition) is 6. The van der Waals surface area contributed by atoms with E-state index >= 15 is 0 Å². The Morgan fingerprint density at radius 2 is 1.92 bits per heavy atom. The summed E-state index contributed by atoms with van der Waals surface area (Å²) < 4.78 is 0. The van der Waals surface area contributed by atoms with Crippen molar-refractivity contribution in [2.24, 2.45) is 5.73 Å². The molecule has 0 saturated heterocycles. The maximum absolute atomic E-state index is 11.1. The summed E-state index contributed by atoms with van der Waals surface area (Å²) in [5.41, 5.74) is 12.6. The van der Waals surface area contributed by atoms with Crippen LogP contribution in [-0.4, -0.2) is 44.3 Å². The van der Waals surface area contributed by atoms with Crippen molar-refractivity contribution in [3.8, 4) is 0 Å². The number of hydrogen-bond acceptors (Lipinski definition) is 5. The lowest BCUT2D eigenvalue weighted by molar-refractivity contribution is -0.159. The first-order valence-electron chi connectivity index (χ1n) is 8.09. The summed E-state index contributed by atoms with van der Waals surface area (Å²) in [6, 6.07) is 6.46. The third-order valence-electron chi connectivity index (χ3n) is 4.24. The number of aliphatic carboxylic acids is 2. The first kappa shape index (κ1) is 19.4. The SMILES string of the molecule is NC1CCc2[nH]c3ccc(CCC(=O)NO)cc3c2C1.O=C(O)C(=O)O. The van der Waals surface area contributed by atoms with Gasteiger partial charge < -0.3 is 20.9 Å². The molecule has 0 radical (unpaired) electrons. The lowest BCUT2D eigenvalue weighted by Gasteiger charge is -2.18. The van der Waals surface area contributed by atoms with Gasteiger partial charge in [-0.25, -0.2) is 15.1 Å². The van der Waals surface area contributed by atoms with Crippen LogP contribution in [0.15, 0.2) is 18.2 Å². The Bertz CT molecular complexity index is 817. The van der Waals surface area contributed by atoms with E-state index in [4.69, 9.17) is 30.7 Å². The quantitative estimate of drug-likeness (QED) is 0.263. The number of rotatable bonds is 3. The molecule has 7 N–H and O–H groups in total. The molecule has 9 heteroatoms. The molecule has 0 fully saturated rings. The molecule has 26 heavy (non-hydrogen) atoms. The van der Waals surface area contributed by atoms with Gasteiger partial charge in [0, 0.05) is 29.1 Å². The number of carbonyl (C=O) groups excluding carboxylic acids is 1. The monoisotopic (exact) mass is 363 g/mol. The van der Waals surface area contributed by atoms with E-state index in [-0.39, 0.29) is 18.4 Å². The molecule has 3 rings (SSSR count). The van der Waals surface area contributed by atoms with Crippen molar-refractivity contribution in [2.75, 3.05) is 0 Å². The van der Waals surface area contributed by atoms with Gasteiger partial charge in [-0.2, -0.15) is 0 Å². The Hall–Kier alpha value is -2.91. The Labute approximate surface area is 148 Å². The van der Waals surface area contributed by atoms with Crippen LogP contribution in [0.3, 0.4) is 0 Å². The summed E-state index contributed by atoms with van der Waals surface area (Å²) in [6.45, 7) is 0. The lowest BCUT2D eigenvalue weighted by Crippen LogP contribution is -2.27. The Kier molecular flexibility index (Phi) is 6.31. The molecule has 1 unspecified atom stereocenters. The van der Waals surface area contributed by atoms with Crippen molar-refractivity contribution >= 4 is 28.7 Å². The lowest BCUT2D eigenvalue weighted by atomic mass is 9.91. The fourth-order valence-electron chi connectivity index (χ4n) is 2.96. The summed E-state index contributed by atoms with van der Waals surface area (Å²) in [4.78, 5) is 32.8. The Balaban J connectivity index is 0.000000352. The van der Waals surface area contributed by atoms with E-state index in [1.54, 1.807) is 5.48 Å². The van der Waals surface area contributed by atoms with Crippen molar-refractivity contribution in [2.45, 2.75) is 38.1 Å². The minimum Gasteiger partial charge on any atom is -0.473 e. The molecule has 1 aromatic carbocycles. The fourth-order valence-corrected chi connectivity index (χ4v) is 2.96. The summed E-state index contributed by atoms with van der Waals surface area (Å²) in [5, 5.41) is 24.5. The van der Waals surface area contributed by atoms with Crippen molar-refractivity contribution < 1.29 is 29.8 Å². The maximum atomic E-state index is 11.1.